The Labute approximate surface area is 214 Å². The average Bonchev–Trinajstić information content (AvgIpc) is 2.84. The summed E-state index contributed by atoms with van der Waals surface area (Å²) in [5.74, 6) is -0.0466. The van der Waals surface area contributed by atoms with Gasteiger partial charge in [-0.2, -0.15) is 0 Å². The number of β-amino-alcohol motifs (C(OH)–C–C–N with tert-alkyl or cyclic N) is 1. The van der Waals surface area contributed by atoms with Crippen molar-refractivity contribution in [3.05, 3.63) is 102 Å². The van der Waals surface area contributed by atoms with Gasteiger partial charge in [0.15, 0.2) is 0 Å². The third-order valence-corrected chi connectivity index (χ3v) is 6.03. The third-order valence-electron chi connectivity index (χ3n) is 6.03. The SMILES string of the molecule is Cl.Cl.OC(COCC(c1ccccc1)c1ccccc1)CN1CCN(c2ccccc2F)CC1. The van der Waals surface area contributed by atoms with Gasteiger partial charge < -0.3 is 14.7 Å². The molecule has 1 aliphatic rings. The molecule has 0 spiro atoms. The Morgan fingerprint density at radius 2 is 1.26 bits per heavy atom. The molecule has 184 valence electrons. The Morgan fingerprint density at radius 3 is 1.82 bits per heavy atom. The van der Waals surface area contributed by atoms with Crippen molar-refractivity contribution in [1.82, 2.24) is 4.90 Å². The van der Waals surface area contributed by atoms with E-state index in [9.17, 15) is 9.50 Å². The number of piperazine rings is 1. The van der Waals surface area contributed by atoms with Gasteiger partial charge in [0.25, 0.3) is 0 Å². The second-order valence-electron chi connectivity index (χ2n) is 8.30. The fourth-order valence-corrected chi connectivity index (χ4v) is 4.31. The van der Waals surface area contributed by atoms with E-state index in [0.29, 0.717) is 25.4 Å². The molecule has 1 fully saturated rings. The molecule has 1 heterocycles. The number of halogens is 3. The molecule has 0 radical (unpaired) electrons. The summed E-state index contributed by atoms with van der Waals surface area (Å²) in [6.45, 7) is 4.46. The lowest BCUT2D eigenvalue weighted by Gasteiger charge is -2.37. The molecule has 0 amide bonds. The minimum Gasteiger partial charge on any atom is -0.389 e. The van der Waals surface area contributed by atoms with Crippen LogP contribution in [0, 0.1) is 5.82 Å². The molecule has 1 N–H and O–H groups in total. The molecule has 4 nitrogen and oxygen atoms in total. The smallest absolute Gasteiger partial charge is 0.146 e. The van der Waals surface area contributed by atoms with Gasteiger partial charge >= 0.3 is 0 Å². The Bertz CT molecular complexity index is 918. The van der Waals surface area contributed by atoms with Gasteiger partial charge in [0.1, 0.15) is 5.82 Å². The number of nitrogens with zero attached hydrogens (tertiary/aromatic N) is 2. The van der Waals surface area contributed by atoms with E-state index in [1.54, 1.807) is 6.07 Å². The van der Waals surface area contributed by atoms with Gasteiger partial charge in [0, 0.05) is 38.6 Å². The first kappa shape index (κ1) is 28.1. The van der Waals surface area contributed by atoms with Crippen LogP contribution in [-0.2, 0) is 4.74 Å². The fourth-order valence-electron chi connectivity index (χ4n) is 4.31. The van der Waals surface area contributed by atoms with Crippen LogP contribution in [0.5, 0.6) is 0 Å². The quantitative estimate of drug-likeness (QED) is 0.442. The van der Waals surface area contributed by atoms with E-state index in [-0.39, 0.29) is 36.5 Å². The molecule has 1 aliphatic heterocycles. The van der Waals surface area contributed by atoms with Crippen LogP contribution in [0.3, 0.4) is 0 Å². The van der Waals surface area contributed by atoms with Gasteiger partial charge in [-0.05, 0) is 23.3 Å². The zero-order valence-corrected chi connectivity index (χ0v) is 20.8. The monoisotopic (exact) mass is 506 g/mol. The van der Waals surface area contributed by atoms with Gasteiger partial charge in [-0.25, -0.2) is 4.39 Å². The Morgan fingerprint density at radius 1 is 0.735 bits per heavy atom. The highest BCUT2D eigenvalue weighted by Crippen LogP contribution is 2.25. The molecule has 3 aromatic rings. The molecule has 0 aromatic heterocycles. The number of hydrogen-bond donors (Lipinski definition) is 1. The van der Waals surface area contributed by atoms with Gasteiger partial charge in [0.05, 0.1) is 25.0 Å². The van der Waals surface area contributed by atoms with E-state index in [2.05, 4.69) is 34.1 Å². The van der Waals surface area contributed by atoms with Crippen molar-refractivity contribution in [1.29, 1.82) is 0 Å². The molecule has 34 heavy (non-hydrogen) atoms. The van der Waals surface area contributed by atoms with Crippen LogP contribution in [0.4, 0.5) is 10.1 Å². The van der Waals surface area contributed by atoms with E-state index in [0.717, 1.165) is 26.2 Å². The lowest BCUT2D eigenvalue weighted by atomic mass is 9.92. The molecule has 3 aromatic carbocycles. The predicted molar refractivity (Wildman–Crippen MR) is 141 cm³/mol. The summed E-state index contributed by atoms with van der Waals surface area (Å²) in [5, 5.41) is 10.5. The summed E-state index contributed by atoms with van der Waals surface area (Å²) < 4.78 is 20.0. The van der Waals surface area contributed by atoms with Crippen molar-refractivity contribution < 1.29 is 14.2 Å². The Hall–Kier alpha value is -2.15. The molecule has 1 saturated heterocycles. The van der Waals surface area contributed by atoms with Crippen molar-refractivity contribution >= 4 is 30.5 Å². The van der Waals surface area contributed by atoms with Crippen LogP contribution < -0.4 is 4.90 Å². The molecular weight excluding hydrogens is 474 g/mol. The van der Waals surface area contributed by atoms with Gasteiger partial charge in [0.2, 0.25) is 0 Å². The highest BCUT2D eigenvalue weighted by Gasteiger charge is 2.21. The highest BCUT2D eigenvalue weighted by molar-refractivity contribution is 5.85. The number of ether oxygens (including phenoxy) is 1. The van der Waals surface area contributed by atoms with Crippen LogP contribution in [0.15, 0.2) is 84.9 Å². The lowest BCUT2D eigenvalue weighted by Crippen LogP contribution is -2.49. The summed E-state index contributed by atoms with van der Waals surface area (Å²) in [6.07, 6.45) is -0.554. The molecule has 0 aliphatic carbocycles. The molecule has 0 bridgehead atoms. The standard InChI is InChI=1S/C27H31FN2O2.2ClH/c28-26-13-7-8-14-27(26)30-17-15-29(16-18-30)19-24(31)20-32-21-25(22-9-3-1-4-10-22)23-11-5-2-6-12-23;;/h1-14,24-25,31H,15-21H2;2*1H. The average molecular weight is 507 g/mol. The van der Waals surface area contributed by atoms with E-state index in [4.69, 9.17) is 4.74 Å². The summed E-state index contributed by atoms with van der Waals surface area (Å²) in [6, 6.07) is 27.6. The van der Waals surface area contributed by atoms with Gasteiger partial charge in [-0.3, -0.25) is 4.90 Å². The van der Waals surface area contributed by atoms with Gasteiger partial charge in [-0.15, -0.1) is 24.8 Å². The molecule has 7 heteroatoms. The van der Waals surface area contributed by atoms with Crippen LogP contribution in [-0.4, -0.2) is 62.0 Å². The van der Waals surface area contributed by atoms with Crippen LogP contribution in [0.1, 0.15) is 17.0 Å². The van der Waals surface area contributed by atoms with Crippen molar-refractivity contribution in [3.8, 4) is 0 Å². The maximum absolute atomic E-state index is 14.0. The number of benzene rings is 3. The summed E-state index contributed by atoms with van der Waals surface area (Å²) in [4.78, 5) is 4.29. The predicted octanol–water partition coefficient (Wildman–Crippen LogP) is 5.00. The number of aliphatic hydroxyl groups is 1. The Kier molecular flexibility index (Phi) is 11.8. The fraction of sp³-hybridized carbons (Fsp3) is 0.333. The van der Waals surface area contributed by atoms with Gasteiger partial charge in [-0.1, -0.05) is 72.8 Å². The maximum Gasteiger partial charge on any atom is 0.146 e. The van der Waals surface area contributed by atoms with Crippen LogP contribution in [0.25, 0.3) is 0 Å². The first-order valence-corrected chi connectivity index (χ1v) is 11.3. The zero-order valence-electron chi connectivity index (χ0n) is 19.1. The minimum atomic E-state index is -0.554. The minimum absolute atomic E-state index is 0. The summed E-state index contributed by atoms with van der Waals surface area (Å²) in [5.41, 5.74) is 3.07. The molecule has 0 saturated carbocycles. The molecule has 1 unspecified atom stereocenters. The summed E-state index contributed by atoms with van der Waals surface area (Å²) >= 11 is 0. The third kappa shape index (κ3) is 7.69. The number of anilines is 1. The van der Waals surface area contributed by atoms with E-state index >= 15 is 0 Å². The van der Waals surface area contributed by atoms with Crippen molar-refractivity contribution in [2.45, 2.75) is 12.0 Å². The van der Waals surface area contributed by atoms with Crippen molar-refractivity contribution in [2.24, 2.45) is 0 Å². The zero-order chi connectivity index (χ0) is 22.2. The van der Waals surface area contributed by atoms with Crippen LogP contribution in [0.2, 0.25) is 0 Å². The molecular formula is C27H33Cl2FN2O2. The lowest BCUT2D eigenvalue weighted by molar-refractivity contribution is 0.0135. The normalized spacial score (nSPS) is 14.9. The number of hydrogen-bond acceptors (Lipinski definition) is 4. The first-order chi connectivity index (χ1) is 15.7. The Balaban J connectivity index is 0.00000204. The largest absolute Gasteiger partial charge is 0.389 e. The number of rotatable bonds is 9. The van der Waals surface area contributed by atoms with Crippen molar-refractivity contribution in [3.63, 3.8) is 0 Å². The number of para-hydroxylation sites is 1. The molecule has 4 rings (SSSR count). The van der Waals surface area contributed by atoms with Crippen molar-refractivity contribution in [2.75, 3.05) is 50.8 Å². The maximum atomic E-state index is 14.0. The second-order valence-corrected chi connectivity index (χ2v) is 8.30. The van der Waals surface area contributed by atoms with Crippen LogP contribution >= 0.6 is 24.8 Å². The molecule has 1 atom stereocenters. The topological polar surface area (TPSA) is 35.9 Å². The first-order valence-electron chi connectivity index (χ1n) is 11.3. The number of aliphatic hydroxyl groups excluding tert-OH is 1. The second kappa shape index (κ2) is 14.3. The van der Waals surface area contributed by atoms with E-state index in [1.165, 1.54) is 17.2 Å². The van der Waals surface area contributed by atoms with E-state index < -0.39 is 6.10 Å². The van der Waals surface area contributed by atoms with E-state index in [1.807, 2.05) is 48.5 Å². The highest BCUT2D eigenvalue weighted by atomic mass is 35.5. The summed E-state index contributed by atoms with van der Waals surface area (Å²) in [7, 11) is 0.